The van der Waals surface area contributed by atoms with Crippen molar-refractivity contribution in [3.8, 4) is 0 Å². The molecule has 0 spiro atoms. The molecule has 1 amide bonds. The van der Waals surface area contributed by atoms with Gasteiger partial charge in [-0.3, -0.25) is 14.4 Å². The smallest absolute Gasteiger partial charge is 0.264 e. The zero-order chi connectivity index (χ0) is 18.9. The fraction of sp³-hybridized carbons (Fsp3) is 0.158. The van der Waals surface area contributed by atoms with Gasteiger partial charge in [-0.2, -0.15) is 0 Å². The maximum Gasteiger partial charge on any atom is 0.264 e. The summed E-state index contributed by atoms with van der Waals surface area (Å²) in [4.78, 5) is 16.4. The van der Waals surface area contributed by atoms with E-state index in [1.54, 1.807) is 11.6 Å². The van der Waals surface area contributed by atoms with Gasteiger partial charge in [0, 0.05) is 23.7 Å². The van der Waals surface area contributed by atoms with Crippen LogP contribution in [0.5, 0.6) is 0 Å². The zero-order valence-electron chi connectivity index (χ0n) is 14.3. The van der Waals surface area contributed by atoms with Gasteiger partial charge in [0.1, 0.15) is 0 Å². The number of carbonyl (C=O) groups is 1. The number of para-hydroxylation sites is 1. The third-order valence-corrected chi connectivity index (χ3v) is 6.94. The van der Waals surface area contributed by atoms with Crippen LogP contribution in [0.3, 0.4) is 0 Å². The van der Waals surface area contributed by atoms with E-state index in [1.165, 1.54) is 39.9 Å². The van der Waals surface area contributed by atoms with E-state index in [0.717, 1.165) is 24.1 Å². The summed E-state index contributed by atoms with van der Waals surface area (Å²) in [6, 6.07) is 13.6. The van der Waals surface area contributed by atoms with Crippen LogP contribution in [-0.4, -0.2) is 25.9 Å². The van der Waals surface area contributed by atoms with Crippen molar-refractivity contribution in [3.05, 3.63) is 71.2 Å². The summed E-state index contributed by atoms with van der Waals surface area (Å²) in [6.07, 6.45) is 3.26. The Labute approximate surface area is 161 Å². The standard InChI is InChI=1S/C19H17N3O3S2/c23-18(21-19-20-11-13-26-19)15-7-9-16(10-8-15)27(24,25)22-12-3-5-14-4-1-2-6-17(14)22/h1-2,4,6-11,13H,3,5,12H2,(H,20,21,23). The molecule has 0 bridgehead atoms. The number of rotatable bonds is 4. The summed E-state index contributed by atoms with van der Waals surface area (Å²) in [7, 11) is -3.68. The number of sulfonamides is 1. The number of benzene rings is 2. The molecule has 1 aromatic heterocycles. The van der Waals surface area contributed by atoms with Crippen molar-refractivity contribution in [3.63, 3.8) is 0 Å². The molecule has 2 heterocycles. The molecule has 1 aliphatic rings. The number of aryl methyl sites for hydroxylation is 1. The van der Waals surface area contributed by atoms with Crippen LogP contribution in [0.15, 0.2) is 65.0 Å². The molecule has 27 heavy (non-hydrogen) atoms. The van der Waals surface area contributed by atoms with Crippen LogP contribution in [0.2, 0.25) is 0 Å². The zero-order valence-corrected chi connectivity index (χ0v) is 16.0. The lowest BCUT2D eigenvalue weighted by Gasteiger charge is -2.30. The summed E-state index contributed by atoms with van der Waals surface area (Å²) in [5.41, 5.74) is 2.14. The first-order valence-electron chi connectivity index (χ1n) is 8.47. The van der Waals surface area contributed by atoms with Gasteiger partial charge < -0.3 is 0 Å². The summed E-state index contributed by atoms with van der Waals surface area (Å²) >= 11 is 1.32. The molecule has 6 nitrogen and oxygen atoms in total. The predicted octanol–water partition coefficient (Wildman–Crippen LogP) is 3.54. The molecule has 3 aromatic rings. The number of hydrogen-bond donors (Lipinski definition) is 1. The van der Waals surface area contributed by atoms with Crippen LogP contribution in [-0.2, 0) is 16.4 Å². The second-order valence-corrected chi connectivity index (χ2v) is 8.88. The molecule has 1 N–H and O–H groups in total. The minimum atomic E-state index is -3.68. The predicted molar refractivity (Wildman–Crippen MR) is 106 cm³/mol. The number of aromatic nitrogens is 1. The third kappa shape index (κ3) is 3.45. The summed E-state index contributed by atoms with van der Waals surface area (Å²) < 4.78 is 27.7. The number of thiazole rings is 1. The van der Waals surface area contributed by atoms with Crippen molar-refractivity contribution in [2.75, 3.05) is 16.2 Å². The molecule has 0 fully saturated rings. The average Bonchev–Trinajstić information content (AvgIpc) is 3.20. The Morgan fingerprint density at radius 2 is 1.89 bits per heavy atom. The minimum Gasteiger partial charge on any atom is -0.298 e. The maximum atomic E-state index is 13.1. The summed E-state index contributed by atoms with van der Waals surface area (Å²) in [5.74, 6) is -0.322. The molecule has 0 radical (unpaired) electrons. The molecule has 0 unspecified atom stereocenters. The monoisotopic (exact) mass is 399 g/mol. The highest BCUT2D eigenvalue weighted by Crippen LogP contribution is 2.31. The molecule has 1 aliphatic heterocycles. The molecule has 4 rings (SSSR count). The van der Waals surface area contributed by atoms with E-state index in [1.807, 2.05) is 24.3 Å². The molecule has 2 aromatic carbocycles. The lowest BCUT2D eigenvalue weighted by atomic mass is 10.0. The lowest BCUT2D eigenvalue weighted by Crippen LogP contribution is -2.35. The van der Waals surface area contributed by atoms with Crippen molar-refractivity contribution in [1.82, 2.24) is 4.98 Å². The van der Waals surface area contributed by atoms with E-state index >= 15 is 0 Å². The average molecular weight is 399 g/mol. The Hall–Kier alpha value is -2.71. The minimum absolute atomic E-state index is 0.171. The number of hydrogen-bond acceptors (Lipinski definition) is 5. The number of fused-ring (bicyclic) bond motifs is 1. The molecular formula is C19H17N3O3S2. The van der Waals surface area contributed by atoms with E-state index in [0.29, 0.717) is 17.2 Å². The number of nitrogens with one attached hydrogen (secondary N) is 1. The summed E-state index contributed by atoms with van der Waals surface area (Å²) in [5, 5.41) is 4.95. The van der Waals surface area contributed by atoms with Crippen molar-refractivity contribution in [2.24, 2.45) is 0 Å². The molecule has 8 heteroatoms. The Balaban J connectivity index is 1.59. The van der Waals surface area contributed by atoms with Gasteiger partial charge in [-0.1, -0.05) is 18.2 Å². The first kappa shape index (κ1) is 17.7. The Kier molecular flexibility index (Phi) is 4.67. The third-order valence-electron chi connectivity index (χ3n) is 4.42. The van der Waals surface area contributed by atoms with Crippen LogP contribution >= 0.6 is 11.3 Å². The fourth-order valence-electron chi connectivity index (χ4n) is 3.11. The van der Waals surface area contributed by atoms with Gasteiger partial charge in [0.2, 0.25) is 0 Å². The lowest BCUT2D eigenvalue weighted by molar-refractivity contribution is 0.102. The van der Waals surface area contributed by atoms with E-state index < -0.39 is 10.0 Å². The van der Waals surface area contributed by atoms with E-state index in [-0.39, 0.29) is 10.8 Å². The van der Waals surface area contributed by atoms with E-state index in [9.17, 15) is 13.2 Å². The van der Waals surface area contributed by atoms with Gasteiger partial charge in [-0.15, -0.1) is 11.3 Å². The van der Waals surface area contributed by atoms with E-state index in [4.69, 9.17) is 0 Å². The van der Waals surface area contributed by atoms with Crippen LogP contribution < -0.4 is 9.62 Å². The second kappa shape index (κ2) is 7.13. The Morgan fingerprint density at radius 1 is 1.11 bits per heavy atom. The van der Waals surface area contributed by atoms with E-state index in [2.05, 4.69) is 10.3 Å². The van der Waals surface area contributed by atoms with Gasteiger partial charge in [0.25, 0.3) is 15.9 Å². The quantitative estimate of drug-likeness (QED) is 0.728. The van der Waals surface area contributed by atoms with Crippen molar-refractivity contribution in [1.29, 1.82) is 0 Å². The first-order valence-corrected chi connectivity index (χ1v) is 10.8. The topological polar surface area (TPSA) is 79.4 Å². The first-order chi connectivity index (χ1) is 13.1. The highest BCUT2D eigenvalue weighted by Gasteiger charge is 2.28. The van der Waals surface area contributed by atoms with Gasteiger partial charge in [-0.05, 0) is 48.7 Å². The SMILES string of the molecule is O=C(Nc1nccs1)c1ccc(S(=O)(=O)N2CCCc3ccccc32)cc1. The van der Waals surface area contributed by atoms with Crippen LogP contribution in [0, 0.1) is 0 Å². The molecule has 0 aliphatic carbocycles. The largest absolute Gasteiger partial charge is 0.298 e. The molecule has 138 valence electrons. The number of nitrogens with zero attached hydrogens (tertiary/aromatic N) is 2. The van der Waals surface area contributed by atoms with Gasteiger partial charge in [0.05, 0.1) is 10.6 Å². The number of amides is 1. The van der Waals surface area contributed by atoms with Gasteiger partial charge in [-0.25, -0.2) is 13.4 Å². The number of anilines is 2. The van der Waals surface area contributed by atoms with Crippen molar-refractivity contribution < 1.29 is 13.2 Å². The Morgan fingerprint density at radius 3 is 2.63 bits per heavy atom. The fourth-order valence-corrected chi connectivity index (χ4v) is 5.17. The molecule has 0 saturated heterocycles. The second-order valence-electron chi connectivity index (χ2n) is 6.13. The van der Waals surface area contributed by atoms with Crippen LogP contribution in [0.25, 0.3) is 0 Å². The van der Waals surface area contributed by atoms with Gasteiger partial charge >= 0.3 is 0 Å². The van der Waals surface area contributed by atoms with Crippen molar-refractivity contribution >= 4 is 38.1 Å². The maximum absolute atomic E-state index is 13.1. The molecular weight excluding hydrogens is 382 g/mol. The molecule has 0 atom stereocenters. The van der Waals surface area contributed by atoms with Crippen molar-refractivity contribution in [2.45, 2.75) is 17.7 Å². The van der Waals surface area contributed by atoms with Gasteiger partial charge in [0.15, 0.2) is 5.13 Å². The number of carbonyl (C=O) groups excluding carboxylic acids is 1. The highest BCUT2D eigenvalue weighted by molar-refractivity contribution is 7.92. The van der Waals surface area contributed by atoms with Crippen LogP contribution in [0.4, 0.5) is 10.8 Å². The highest BCUT2D eigenvalue weighted by atomic mass is 32.2. The Bertz CT molecular complexity index is 1060. The molecule has 0 saturated carbocycles. The summed E-state index contributed by atoms with van der Waals surface area (Å²) in [6.45, 7) is 0.450. The van der Waals surface area contributed by atoms with Crippen LogP contribution in [0.1, 0.15) is 22.3 Å². The normalized spacial score (nSPS) is 13.9.